The average Bonchev–Trinajstić information content (AvgIpc) is 2.98. The van der Waals surface area contributed by atoms with Crippen LogP contribution in [0.3, 0.4) is 0 Å². The first kappa shape index (κ1) is 14.1. The number of nitrogens with one attached hydrogen (secondary N) is 1. The van der Waals surface area contributed by atoms with Crippen LogP contribution in [0.15, 0.2) is 29.6 Å². The van der Waals surface area contributed by atoms with Gasteiger partial charge in [-0.3, -0.25) is 4.79 Å². The van der Waals surface area contributed by atoms with Crippen molar-refractivity contribution in [2.75, 3.05) is 18.4 Å². The molecule has 1 aliphatic heterocycles. The standard InChI is InChI=1S/C16H19N3OS/c1-12-5-7-13(8-6-12)17-16-18-14(11-21-16)15(20)19-9-3-2-4-10-19/h5-8,11H,2-4,9-10H2,1H3,(H,17,18). The van der Waals surface area contributed by atoms with Gasteiger partial charge in [0.1, 0.15) is 5.69 Å². The second-order valence-electron chi connectivity index (χ2n) is 5.38. The van der Waals surface area contributed by atoms with Crippen LogP contribution in [0.1, 0.15) is 35.3 Å². The van der Waals surface area contributed by atoms with Crippen LogP contribution in [0.5, 0.6) is 0 Å². The number of piperidine rings is 1. The van der Waals surface area contributed by atoms with E-state index >= 15 is 0 Å². The predicted octanol–water partition coefficient (Wildman–Crippen LogP) is 3.82. The minimum atomic E-state index is 0.0582. The summed E-state index contributed by atoms with van der Waals surface area (Å²) in [5.41, 5.74) is 2.77. The van der Waals surface area contributed by atoms with Gasteiger partial charge in [0, 0.05) is 24.2 Å². The normalized spacial score (nSPS) is 15.0. The summed E-state index contributed by atoms with van der Waals surface area (Å²) >= 11 is 1.47. The molecule has 3 rings (SSSR count). The fraction of sp³-hybridized carbons (Fsp3) is 0.375. The number of rotatable bonds is 3. The molecule has 0 radical (unpaired) electrons. The summed E-state index contributed by atoms with van der Waals surface area (Å²) in [4.78, 5) is 18.7. The Morgan fingerprint density at radius 2 is 1.90 bits per heavy atom. The van der Waals surface area contributed by atoms with Gasteiger partial charge in [-0.25, -0.2) is 4.98 Å². The quantitative estimate of drug-likeness (QED) is 0.937. The number of aryl methyl sites for hydroxylation is 1. The van der Waals surface area contributed by atoms with Crippen LogP contribution in [0.2, 0.25) is 0 Å². The van der Waals surface area contributed by atoms with E-state index in [2.05, 4.69) is 29.4 Å². The maximum absolute atomic E-state index is 12.4. The Bertz CT molecular complexity index is 615. The average molecular weight is 301 g/mol. The number of hydrogen-bond donors (Lipinski definition) is 1. The molecule has 110 valence electrons. The Hall–Kier alpha value is -1.88. The summed E-state index contributed by atoms with van der Waals surface area (Å²) in [5.74, 6) is 0.0582. The zero-order valence-electron chi connectivity index (χ0n) is 12.1. The number of benzene rings is 1. The lowest BCUT2D eigenvalue weighted by Crippen LogP contribution is -2.35. The first-order valence-corrected chi connectivity index (χ1v) is 8.19. The highest BCUT2D eigenvalue weighted by Crippen LogP contribution is 2.22. The van der Waals surface area contributed by atoms with Crippen molar-refractivity contribution in [1.29, 1.82) is 0 Å². The van der Waals surface area contributed by atoms with E-state index in [1.165, 1.54) is 23.3 Å². The van der Waals surface area contributed by atoms with E-state index in [0.29, 0.717) is 5.69 Å². The van der Waals surface area contributed by atoms with Gasteiger partial charge in [-0.2, -0.15) is 0 Å². The highest BCUT2D eigenvalue weighted by molar-refractivity contribution is 7.14. The van der Waals surface area contributed by atoms with E-state index in [-0.39, 0.29) is 5.91 Å². The number of nitrogens with zero attached hydrogens (tertiary/aromatic N) is 2. The molecule has 1 N–H and O–H groups in total. The fourth-order valence-electron chi connectivity index (χ4n) is 2.45. The van der Waals surface area contributed by atoms with Crippen molar-refractivity contribution in [3.8, 4) is 0 Å². The molecule has 1 aromatic carbocycles. The van der Waals surface area contributed by atoms with Gasteiger partial charge in [0.2, 0.25) is 0 Å². The Morgan fingerprint density at radius 1 is 1.19 bits per heavy atom. The molecule has 4 nitrogen and oxygen atoms in total. The topological polar surface area (TPSA) is 45.2 Å². The van der Waals surface area contributed by atoms with Crippen LogP contribution < -0.4 is 5.32 Å². The van der Waals surface area contributed by atoms with Crippen LogP contribution in [-0.2, 0) is 0 Å². The molecule has 0 unspecified atom stereocenters. The maximum Gasteiger partial charge on any atom is 0.273 e. The number of carbonyl (C=O) groups is 1. The van der Waals surface area contributed by atoms with Gasteiger partial charge < -0.3 is 10.2 Å². The summed E-state index contributed by atoms with van der Waals surface area (Å²) in [7, 11) is 0. The summed E-state index contributed by atoms with van der Waals surface area (Å²) in [5, 5.41) is 5.85. The summed E-state index contributed by atoms with van der Waals surface area (Å²) < 4.78 is 0. The van der Waals surface area contributed by atoms with Crippen molar-refractivity contribution >= 4 is 28.1 Å². The Balaban J connectivity index is 1.68. The van der Waals surface area contributed by atoms with Gasteiger partial charge in [-0.05, 0) is 38.3 Å². The van der Waals surface area contributed by atoms with Crippen molar-refractivity contribution in [1.82, 2.24) is 9.88 Å². The monoisotopic (exact) mass is 301 g/mol. The highest BCUT2D eigenvalue weighted by atomic mass is 32.1. The molecule has 1 fully saturated rings. The lowest BCUT2D eigenvalue weighted by molar-refractivity contribution is 0.0719. The van der Waals surface area contributed by atoms with E-state index in [1.54, 1.807) is 0 Å². The van der Waals surface area contributed by atoms with Crippen LogP contribution in [-0.4, -0.2) is 28.9 Å². The van der Waals surface area contributed by atoms with Crippen molar-refractivity contribution in [3.05, 3.63) is 40.9 Å². The van der Waals surface area contributed by atoms with Gasteiger partial charge in [-0.15, -0.1) is 11.3 Å². The Morgan fingerprint density at radius 3 is 2.62 bits per heavy atom. The predicted molar refractivity (Wildman–Crippen MR) is 86.3 cm³/mol. The van der Waals surface area contributed by atoms with Crippen LogP contribution in [0.25, 0.3) is 0 Å². The number of likely N-dealkylation sites (tertiary alicyclic amines) is 1. The summed E-state index contributed by atoms with van der Waals surface area (Å²) in [6.45, 7) is 3.77. The van der Waals surface area contributed by atoms with E-state index in [1.807, 2.05) is 22.4 Å². The van der Waals surface area contributed by atoms with E-state index in [0.717, 1.165) is 36.8 Å². The minimum absolute atomic E-state index is 0.0582. The van der Waals surface area contributed by atoms with Crippen LogP contribution in [0, 0.1) is 6.92 Å². The van der Waals surface area contributed by atoms with Crippen LogP contribution in [0.4, 0.5) is 10.8 Å². The largest absolute Gasteiger partial charge is 0.337 e. The van der Waals surface area contributed by atoms with Crippen molar-refractivity contribution in [2.45, 2.75) is 26.2 Å². The van der Waals surface area contributed by atoms with Gasteiger partial charge in [0.15, 0.2) is 5.13 Å². The smallest absolute Gasteiger partial charge is 0.273 e. The van der Waals surface area contributed by atoms with Gasteiger partial charge in [0.05, 0.1) is 0 Å². The first-order valence-electron chi connectivity index (χ1n) is 7.31. The molecule has 2 aromatic rings. The Kier molecular flexibility index (Phi) is 4.20. The zero-order valence-corrected chi connectivity index (χ0v) is 12.9. The maximum atomic E-state index is 12.4. The van der Waals surface area contributed by atoms with Crippen LogP contribution >= 0.6 is 11.3 Å². The van der Waals surface area contributed by atoms with Gasteiger partial charge in [-0.1, -0.05) is 17.7 Å². The van der Waals surface area contributed by atoms with Crippen molar-refractivity contribution < 1.29 is 4.79 Å². The van der Waals surface area contributed by atoms with E-state index in [4.69, 9.17) is 0 Å². The molecule has 5 heteroatoms. The molecule has 1 saturated heterocycles. The van der Waals surface area contributed by atoms with Gasteiger partial charge in [0.25, 0.3) is 5.91 Å². The number of aromatic nitrogens is 1. The molecular weight excluding hydrogens is 282 g/mol. The number of amides is 1. The lowest BCUT2D eigenvalue weighted by atomic mass is 10.1. The molecule has 0 atom stereocenters. The number of hydrogen-bond acceptors (Lipinski definition) is 4. The molecule has 1 amide bonds. The number of anilines is 2. The lowest BCUT2D eigenvalue weighted by Gasteiger charge is -2.25. The molecule has 1 aromatic heterocycles. The zero-order chi connectivity index (χ0) is 14.7. The fourth-order valence-corrected chi connectivity index (χ4v) is 3.15. The molecule has 0 bridgehead atoms. The second kappa shape index (κ2) is 6.26. The van der Waals surface area contributed by atoms with Crippen molar-refractivity contribution in [3.63, 3.8) is 0 Å². The molecular formula is C16H19N3OS. The minimum Gasteiger partial charge on any atom is -0.337 e. The van der Waals surface area contributed by atoms with E-state index in [9.17, 15) is 4.79 Å². The third kappa shape index (κ3) is 3.42. The highest BCUT2D eigenvalue weighted by Gasteiger charge is 2.20. The third-order valence-corrected chi connectivity index (χ3v) is 4.43. The molecule has 2 heterocycles. The van der Waals surface area contributed by atoms with Crippen molar-refractivity contribution in [2.24, 2.45) is 0 Å². The molecule has 21 heavy (non-hydrogen) atoms. The summed E-state index contributed by atoms with van der Waals surface area (Å²) in [6, 6.07) is 8.14. The first-order chi connectivity index (χ1) is 10.2. The number of carbonyl (C=O) groups excluding carboxylic acids is 1. The SMILES string of the molecule is Cc1ccc(Nc2nc(C(=O)N3CCCCC3)cs2)cc1. The summed E-state index contributed by atoms with van der Waals surface area (Å²) in [6.07, 6.45) is 3.43. The molecule has 0 aliphatic carbocycles. The molecule has 0 saturated carbocycles. The third-order valence-electron chi connectivity index (χ3n) is 3.67. The van der Waals surface area contributed by atoms with E-state index < -0.39 is 0 Å². The number of thiazole rings is 1. The molecule has 1 aliphatic rings. The Labute approximate surface area is 128 Å². The van der Waals surface area contributed by atoms with Gasteiger partial charge >= 0.3 is 0 Å². The molecule has 0 spiro atoms. The second-order valence-corrected chi connectivity index (χ2v) is 6.24.